The second-order valence-electron chi connectivity index (χ2n) is 4.61. The number of para-hydroxylation sites is 1. The molecule has 0 aliphatic carbocycles. The number of benzene rings is 2. The molecule has 20 heavy (non-hydrogen) atoms. The molecule has 0 unspecified atom stereocenters. The Morgan fingerprint density at radius 2 is 1.40 bits per heavy atom. The first-order valence-electron chi connectivity index (χ1n) is 6.66. The highest BCUT2D eigenvalue weighted by molar-refractivity contribution is 5.33. The van der Waals surface area contributed by atoms with Crippen molar-refractivity contribution in [2.24, 2.45) is 0 Å². The molecule has 1 heterocycles. The van der Waals surface area contributed by atoms with Crippen LogP contribution in [0.1, 0.15) is 5.56 Å². The van der Waals surface area contributed by atoms with E-state index < -0.39 is 0 Å². The van der Waals surface area contributed by atoms with Crippen LogP contribution in [0.5, 0.6) is 11.5 Å². The lowest BCUT2D eigenvalue weighted by Crippen LogP contribution is -2.32. The predicted molar refractivity (Wildman–Crippen MR) is 78.7 cm³/mol. The van der Waals surface area contributed by atoms with Crippen molar-refractivity contribution in [3.05, 3.63) is 90.8 Å². The van der Waals surface area contributed by atoms with Crippen LogP contribution in [-0.2, 0) is 6.54 Å². The predicted octanol–water partition coefficient (Wildman–Crippen LogP) is 3.81. The summed E-state index contributed by atoms with van der Waals surface area (Å²) in [4.78, 5) is 0. The molecule has 0 fully saturated rings. The minimum atomic E-state index is 0.840. The van der Waals surface area contributed by atoms with Crippen LogP contribution in [0, 0.1) is 0 Å². The van der Waals surface area contributed by atoms with Crippen LogP contribution in [0.15, 0.2) is 85.2 Å². The van der Waals surface area contributed by atoms with Gasteiger partial charge in [0.2, 0.25) is 0 Å². The Bertz CT molecular complexity index is 609. The number of hydrogen-bond donors (Lipinski definition) is 0. The molecule has 0 amide bonds. The number of nitrogens with zero attached hydrogens (tertiary/aromatic N) is 1. The molecule has 98 valence electrons. The van der Waals surface area contributed by atoms with E-state index in [-0.39, 0.29) is 0 Å². The normalized spacial score (nSPS) is 10.2. The first-order valence-corrected chi connectivity index (χ1v) is 6.66. The summed E-state index contributed by atoms with van der Waals surface area (Å²) >= 11 is 0. The third-order valence-electron chi connectivity index (χ3n) is 3.02. The average Bonchev–Trinajstić information content (AvgIpc) is 2.50. The number of hydrogen-bond acceptors (Lipinski definition) is 1. The summed E-state index contributed by atoms with van der Waals surface area (Å²) in [5, 5.41) is 0. The van der Waals surface area contributed by atoms with Gasteiger partial charge in [0, 0.05) is 17.7 Å². The smallest absolute Gasteiger partial charge is 0.173 e. The third-order valence-corrected chi connectivity index (χ3v) is 3.02. The molecule has 0 radical (unpaired) electrons. The largest absolute Gasteiger partial charge is 0.457 e. The molecule has 2 aromatic carbocycles. The lowest BCUT2D eigenvalue weighted by Gasteiger charge is -2.06. The Balaban J connectivity index is 1.76. The van der Waals surface area contributed by atoms with E-state index in [9.17, 15) is 0 Å². The molecule has 0 spiro atoms. The number of pyridine rings is 1. The molecular weight excluding hydrogens is 246 g/mol. The van der Waals surface area contributed by atoms with Gasteiger partial charge in [0.25, 0.3) is 0 Å². The fourth-order valence-corrected chi connectivity index (χ4v) is 2.08. The lowest BCUT2D eigenvalue weighted by molar-refractivity contribution is -0.688. The number of aromatic nitrogens is 1. The van der Waals surface area contributed by atoms with E-state index in [2.05, 4.69) is 29.1 Å². The third kappa shape index (κ3) is 3.23. The Labute approximate surface area is 118 Å². The minimum Gasteiger partial charge on any atom is -0.457 e. The lowest BCUT2D eigenvalue weighted by atomic mass is 10.2. The minimum absolute atomic E-state index is 0.840. The van der Waals surface area contributed by atoms with Gasteiger partial charge in [-0.1, -0.05) is 36.4 Å². The molecule has 0 aliphatic heterocycles. The maximum Gasteiger partial charge on any atom is 0.173 e. The van der Waals surface area contributed by atoms with Crippen LogP contribution in [0.25, 0.3) is 0 Å². The van der Waals surface area contributed by atoms with Gasteiger partial charge in [0.15, 0.2) is 18.9 Å². The quantitative estimate of drug-likeness (QED) is 0.652. The highest BCUT2D eigenvalue weighted by atomic mass is 16.5. The summed E-state index contributed by atoms with van der Waals surface area (Å²) in [5.74, 6) is 1.72. The van der Waals surface area contributed by atoms with Gasteiger partial charge in [0.05, 0.1) is 0 Å². The maximum atomic E-state index is 5.85. The van der Waals surface area contributed by atoms with Crippen molar-refractivity contribution in [1.82, 2.24) is 0 Å². The summed E-state index contributed by atoms with van der Waals surface area (Å²) < 4.78 is 7.99. The van der Waals surface area contributed by atoms with E-state index in [4.69, 9.17) is 4.74 Å². The standard InChI is InChI=1S/C18H16NO/c1-3-9-17(10-4-1)20-18-11-7-8-16(14-18)15-19-12-5-2-6-13-19/h1-14H,15H2/q+1. The van der Waals surface area contributed by atoms with E-state index in [1.165, 1.54) is 5.56 Å². The van der Waals surface area contributed by atoms with E-state index in [1.807, 2.05) is 60.7 Å². The monoisotopic (exact) mass is 262 g/mol. The van der Waals surface area contributed by atoms with Gasteiger partial charge in [-0.25, -0.2) is 4.57 Å². The zero-order valence-electron chi connectivity index (χ0n) is 11.1. The average molecular weight is 262 g/mol. The molecule has 0 atom stereocenters. The van der Waals surface area contributed by atoms with Gasteiger partial charge in [-0.2, -0.15) is 0 Å². The van der Waals surface area contributed by atoms with Crippen molar-refractivity contribution >= 4 is 0 Å². The summed E-state index contributed by atoms with van der Waals surface area (Å²) in [6.07, 6.45) is 4.12. The summed E-state index contributed by atoms with van der Waals surface area (Å²) in [6, 6.07) is 24.1. The highest BCUT2D eigenvalue weighted by Gasteiger charge is 2.03. The SMILES string of the molecule is c1ccc(Oc2cccc(C[n+]3ccccc3)c2)cc1. The molecule has 3 rings (SSSR count). The van der Waals surface area contributed by atoms with Crippen molar-refractivity contribution < 1.29 is 9.30 Å². The highest BCUT2D eigenvalue weighted by Crippen LogP contribution is 2.21. The molecule has 2 heteroatoms. The Morgan fingerprint density at radius 1 is 0.700 bits per heavy atom. The summed E-state index contributed by atoms with van der Waals surface area (Å²) in [5.41, 5.74) is 1.22. The van der Waals surface area contributed by atoms with E-state index in [0.29, 0.717) is 0 Å². The van der Waals surface area contributed by atoms with Crippen molar-refractivity contribution in [3.8, 4) is 11.5 Å². The van der Waals surface area contributed by atoms with Crippen LogP contribution in [0.2, 0.25) is 0 Å². The second kappa shape index (κ2) is 6.02. The summed E-state index contributed by atoms with van der Waals surface area (Å²) in [7, 11) is 0. The van der Waals surface area contributed by atoms with Crippen molar-refractivity contribution in [2.75, 3.05) is 0 Å². The molecule has 0 saturated carbocycles. The molecule has 2 nitrogen and oxygen atoms in total. The Morgan fingerprint density at radius 3 is 2.20 bits per heavy atom. The van der Waals surface area contributed by atoms with Gasteiger partial charge >= 0.3 is 0 Å². The number of rotatable bonds is 4. The molecule has 0 saturated heterocycles. The Hall–Kier alpha value is -2.61. The van der Waals surface area contributed by atoms with Crippen LogP contribution in [-0.4, -0.2) is 0 Å². The van der Waals surface area contributed by atoms with Crippen LogP contribution < -0.4 is 9.30 Å². The topological polar surface area (TPSA) is 13.1 Å². The first kappa shape index (κ1) is 12.4. The fraction of sp³-hybridized carbons (Fsp3) is 0.0556. The zero-order chi connectivity index (χ0) is 13.6. The fourth-order valence-electron chi connectivity index (χ4n) is 2.08. The van der Waals surface area contributed by atoms with Crippen molar-refractivity contribution in [2.45, 2.75) is 6.54 Å². The molecule has 0 aliphatic rings. The van der Waals surface area contributed by atoms with Gasteiger partial charge in [-0.05, 0) is 24.3 Å². The molecular formula is C18H16NO+. The zero-order valence-corrected chi connectivity index (χ0v) is 11.1. The van der Waals surface area contributed by atoms with Gasteiger partial charge in [0.1, 0.15) is 11.5 Å². The molecule has 1 aromatic heterocycles. The van der Waals surface area contributed by atoms with Gasteiger partial charge in [-0.15, -0.1) is 0 Å². The Kier molecular flexibility index (Phi) is 3.74. The number of ether oxygens (including phenoxy) is 1. The van der Waals surface area contributed by atoms with E-state index in [0.717, 1.165) is 18.0 Å². The second-order valence-corrected chi connectivity index (χ2v) is 4.61. The van der Waals surface area contributed by atoms with Crippen LogP contribution >= 0.6 is 0 Å². The molecule has 0 N–H and O–H groups in total. The summed E-state index contributed by atoms with van der Waals surface area (Å²) in [6.45, 7) is 0.840. The van der Waals surface area contributed by atoms with E-state index >= 15 is 0 Å². The van der Waals surface area contributed by atoms with E-state index in [1.54, 1.807) is 0 Å². The molecule has 0 bridgehead atoms. The van der Waals surface area contributed by atoms with Crippen LogP contribution in [0.3, 0.4) is 0 Å². The van der Waals surface area contributed by atoms with Crippen LogP contribution in [0.4, 0.5) is 0 Å². The van der Waals surface area contributed by atoms with Gasteiger partial charge < -0.3 is 4.74 Å². The van der Waals surface area contributed by atoms with Crippen molar-refractivity contribution in [3.63, 3.8) is 0 Å². The maximum absolute atomic E-state index is 5.85. The first-order chi connectivity index (χ1) is 9.90. The van der Waals surface area contributed by atoms with Gasteiger partial charge in [-0.3, -0.25) is 0 Å². The molecule has 3 aromatic rings. The van der Waals surface area contributed by atoms with Crippen molar-refractivity contribution in [1.29, 1.82) is 0 Å².